The molecule has 1 amide bonds. The number of amides is 1. The number of H-pyrrole nitrogens is 1. The van der Waals surface area contributed by atoms with E-state index in [9.17, 15) is 9.59 Å². The molecular formula is C22H22N2O4. The van der Waals surface area contributed by atoms with Crippen molar-refractivity contribution in [2.45, 2.75) is 26.3 Å². The molecule has 0 bridgehead atoms. The molecule has 1 aromatic heterocycles. The summed E-state index contributed by atoms with van der Waals surface area (Å²) < 4.78 is 11.2. The van der Waals surface area contributed by atoms with Crippen LogP contribution in [-0.2, 0) is 17.8 Å². The zero-order chi connectivity index (χ0) is 19.5. The highest BCUT2D eigenvalue weighted by Crippen LogP contribution is 2.33. The summed E-state index contributed by atoms with van der Waals surface area (Å²) in [5, 5.41) is 3.77. The van der Waals surface area contributed by atoms with Crippen molar-refractivity contribution in [2.75, 3.05) is 13.2 Å². The molecule has 4 rings (SSSR count). The SMILES string of the molecule is Cc1cccc(CNC(=O)CCc2cc3cc4c(cc3[nH]c2=O)OCCO4)c1. The predicted octanol–water partition coefficient (Wildman–Crippen LogP) is 2.86. The van der Waals surface area contributed by atoms with E-state index in [2.05, 4.69) is 10.3 Å². The molecular weight excluding hydrogens is 356 g/mol. The highest BCUT2D eigenvalue weighted by Gasteiger charge is 2.14. The molecule has 28 heavy (non-hydrogen) atoms. The van der Waals surface area contributed by atoms with Crippen molar-refractivity contribution < 1.29 is 14.3 Å². The molecule has 2 heterocycles. The lowest BCUT2D eigenvalue weighted by molar-refractivity contribution is -0.121. The maximum atomic E-state index is 12.4. The fourth-order valence-corrected chi connectivity index (χ4v) is 3.33. The van der Waals surface area contributed by atoms with Gasteiger partial charge in [0.2, 0.25) is 5.91 Å². The van der Waals surface area contributed by atoms with Gasteiger partial charge in [0.15, 0.2) is 11.5 Å². The summed E-state index contributed by atoms with van der Waals surface area (Å²) in [7, 11) is 0. The quantitative estimate of drug-likeness (QED) is 0.715. The second kappa shape index (κ2) is 7.76. The number of fused-ring (bicyclic) bond motifs is 2. The molecule has 2 aromatic carbocycles. The Morgan fingerprint density at radius 2 is 1.89 bits per heavy atom. The Morgan fingerprint density at radius 3 is 2.68 bits per heavy atom. The lowest BCUT2D eigenvalue weighted by Gasteiger charge is -2.18. The van der Waals surface area contributed by atoms with Gasteiger partial charge in [0, 0.05) is 30.0 Å². The fraction of sp³-hybridized carbons (Fsp3) is 0.273. The lowest BCUT2D eigenvalue weighted by atomic mass is 10.1. The normalized spacial score (nSPS) is 12.8. The number of pyridine rings is 1. The molecule has 6 heteroatoms. The summed E-state index contributed by atoms with van der Waals surface area (Å²) in [5.41, 5.74) is 3.31. The minimum absolute atomic E-state index is 0.0804. The van der Waals surface area contributed by atoms with Crippen molar-refractivity contribution in [1.82, 2.24) is 10.3 Å². The number of carbonyl (C=O) groups excluding carboxylic acids is 1. The number of hydrogen-bond acceptors (Lipinski definition) is 4. The number of carbonyl (C=O) groups is 1. The van der Waals surface area contributed by atoms with Crippen molar-refractivity contribution in [2.24, 2.45) is 0 Å². The van der Waals surface area contributed by atoms with Crippen LogP contribution in [-0.4, -0.2) is 24.1 Å². The molecule has 0 spiro atoms. The molecule has 6 nitrogen and oxygen atoms in total. The van der Waals surface area contributed by atoms with E-state index in [0.717, 1.165) is 16.5 Å². The van der Waals surface area contributed by atoms with E-state index < -0.39 is 0 Å². The number of aromatic amines is 1. The Labute approximate surface area is 162 Å². The van der Waals surface area contributed by atoms with Gasteiger partial charge in [-0.05, 0) is 31.0 Å². The number of rotatable bonds is 5. The number of ether oxygens (including phenoxy) is 2. The van der Waals surface area contributed by atoms with Crippen LogP contribution >= 0.6 is 0 Å². The molecule has 0 saturated carbocycles. The van der Waals surface area contributed by atoms with Crippen LogP contribution in [0.4, 0.5) is 0 Å². The van der Waals surface area contributed by atoms with Gasteiger partial charge in [0.1, 0.15) is 13.2 Å². The van der Waals surface area contributed by atoms with Crippen molar-refractivity contribution >= 4 is 16.8 Å². The molecule has 144 valence electrons. The topological polar surface area (TPSA) is 80.4 Å². The van der Waals surface area contributed by atoms with Crippen LogP contribution in [0.25, 0.3) is 10.9 Å². The van der Waals surface area contributed by atoms with Gasteiger partial charge in [-0.2, -0.15) is 0 Å². The molecule has 3 aromatic rings. The van der Waals surface area contributed by atoms with E-state index in [4.69, 9.17) is 9.47 Å². The first kappa shape index (κ1) is 18.1. The number of nitrogens with one attached hydrogen (secondary N) is 2. The van der Waals surface area contributed by atoms with Gasteiger partial charge < -0.3 is 19.8 Å². The van der Waals surface area contributed by atoms with Crippen LogP contribution in [0.5, 0.6) is 11.5 Å². The molecule has 0 atom stereocenters. The standard InChI is InChI=1S/C22H22N2O4/c1-14-3-2-4-15(9-14)13-23-21(25)6-5-16-10-17-11-19-20(28-8-7-27-19)12-18(17)24-22(16)26/h2-4,9-12H,5-8,13H2,1H3,(H,23,25)(H,24,26). The van der Waals surface area contributed by atoms with Crippen LogP contribution in [0.3, 0.4) is 0 Å². The van der Waals surface area contributed by atoms with Gasteiger partial charge >= 0.3 is 0 Å². The molecule has 1 aliphatic rings. The summed E-state index contributed by atoms with van der Waals surface area (Å²) in [6, 6.07) is 13.5. The Bertz CT molecular complexity index is 1090. The van der Waals surface area contributed by atoms with Crippen LogP contribution in [0, 0.1) is 6.92 Å². The fourth-order valence-electron chi connectivity index (χ4n) is 3.33. The number of aromatic nitrogens is 1. The molecule has 1 aliphatic heterocycles. The highest BCUT2D eigenvalue weighted by molar-refractivity contribution is 5.83. The second-order valence-corrected chi connectivity index (χ2v) is 6.97. The first-order valence-electron chi connectivity index (χ1n) is 9.36. The third kappa shape index (κ3) is 4.01. The minimum atomic E-state index is -0.185. The van der Waals surface area contributed by atoms with E-state index >= 15 is 0 Å². The van der Waals surface area contributed by atoms with E-state index in [-0.39, 0.29) is 17.9 Å². The molecule has 0 fully saturated rings. The first-order valence-corrected chi connectivity index (χ1v) is 9.36. The van der Waals surface area contributed by atoms with Gasteiger partial charge in [0.05, 0.1) is 5.52 Å². The first-order chi connectivity index (χ1) is 13.6. The third-order valence-corrected chi connectivity index (χ3v) is 4.78. The monoisotopic (exact) mass is 378 g/mol. The number of aryl methyl sites for hydroxylation is 2. The maximum Gasteiger partial charge on any atom is 0.251 e. The van der Waals surface area contributed by atoms with E-state index in [1.807, 2.05) is 43.3 Å². The minimum Gasteiger partial charge on any atom is -0.486 e. The smallest absolute Gasteiger partial charge is 0.251 e. The Balaban J connectivity index is 1.43. The van der Waals surface area contributed by atoms with Gasteiger partial charge in [-0.25, -0.2) is 0 Å². The Morgan fingerprint density at radius 1 is 1.11 bits per heavy atom. The zero-order valence-corrected chi connectivity index (χ0v) is 15.7. The third-order valence-electron chi connectivity index (χ3n) is 4.78. The predicted molar refractivity (Wildman–Crippen MR) is 107 cm³/mol. The largest absolute Gasteiger partial charge is 0.486 e. The van der Waals surface area contributed by atoms with Crippen molar-refractivity contribution in [3.63, 3.8) is 0 Å². The van der Waals surface area contributed by atoms with E-state index in [0.29, 0.717) is 48.8 Å². The Hall–Kier alpha value is -3.28. The molecule has 0 unspecified atom stereocenters. The van der Waals surface area contributed by atoms with Crippen LogP contribution in [0.15, 0.2) is 47.3 Å². The van der Waals surface area contributed by atoms with Gasteiger partial charge in [0.25, 0.3) is 5.56 Å². The van der Waals surface area contributed by atoms with Crippen LogP contribution in [0.2, 0.25) is 0 Å². The summed E-state index contributed by atoms with van der Waals surface area (Å²) in [6.07, 6.45) is 0.629. The summed E-state index contributed by atoms with van der Waals surface area (Å²) >= 11 is 0. The van der Waals surface area contributed by atoms with Crippen LogP contribution < -0.4 is 20.3 Å². The van der Waals surface area contributed by atoms with Crippen LogP contribution in [0.1, 0.15) is 23.1 Å². The number of hydrogen-bond donors (Lipinski definition) is 2. The van der Waals surface area contributed by atoms with E-state index in [1.165, 1.54) is 0 Å². The van der Waals surface area contributed by atoms with Gasteiger partial charge in [-0.15, -0.1) is 0 Å². The number of benzene rings is 2. The average Bonchev–Trinajstić information content (AvgIpc) is 2.69. The maximum absolute atomic E-state index is 12.4. The Kier molecular flexibility index (Phi) is 5.02. The molecule has 0 saturated heterocycles. The zero-order valence-electron chi connectivity index (χ0n) is 15.7. The van der Waals surface area contributed by atoms with Crippen molar-refractivity contribution in [1.29, 1.82) is 0 Å². The van der Waals surface area contributed by atoms with Gasteiger partial charge in [-0.1, -0.05) is 29.8 Å². The molecule has 0 radical (unpaired) electrons. The highest BCUT2D eigenvalue weighted by atomic mass is 16.6. The summed E-state index contributed by atoms with van der Waals surface area (Å²) in [5.74, 6) is 1.23. The molecule has 0 aliphatic carbocycles. The van der Waals surface area contributed by atoms with Crippen molar-refractivity contribution in [3.8, 4) is 11.5 Å². The second-order valence-electron chi connectivity index (χ2n) is 6.97. The van der Waals surface area contributed by atoms with Gasteiger partial charge in [-0.3, -0.25) is 9.59 Å². The summed E-state index contributed by atoms with van der Waals surface area (Å²) in [4.78, 5) is 27.4. The van der Waals surface area contributed by atoms with E-state index in [1.54, 1.807) is 6.07 Å². The lowest BCUT2D eigenvalue weighted by Crippen LogP contribution is -2.24. The van der Waals surface area contributed by atoms with Crippen molar-refractivity contribution in [3.05, 3.63) is 69.5 Å². The average molecular weight is 378 g/mol. The summed E-state index contributed by atoms with van der Waals surface area (Å²) in [6.45, 7) is 3.51. The molecule has 2 N–H and O–H groups in total.